The highest BCUT2D eigenvalue weighted by Crippen LogP contribution is 2.29. The van der Waals surface area contributed by atoms with Crippen LogP contribution >= 0.6 is 0 Å². The van der Waals surface area contributed by atoms with E-state index in [4.69, 9.17) is 0 Å². The highest BCUT2D eigenvalue weighted by atomic mass is 16.2. The van der Waals surface area contributed by atoms with E-state index in [1.165, 1.54) is 19.3 Å². The van der Waals surface area contributed by atoms with Crippen LogP contribution in [-0.4, -0.2) is 76.8 Å². The maximum Gasteiger partial charge on any atom is 0.317 e. The van der Waals surface area contributed by atoms with Crippen LogP contribution in [0.15, 0.2) is 0 Å². The van der Waals surface area contributed by atoms with E-state index in [0.29, 0.717) is 26.2 Å². The summed E-state index contributed by atoms with van der Waals surface area (Å²) in [5.74, 6) is 0.0942. The van der Waals surface area contributed by atoms with Crippen molar-refractivity contribution < 1.29 is 14.4 Å². The molecule has 4 aliphatic rings. The highest BCUT2D eigenvalue weighted by Gasteiger charge is 2.50. The number of fused-ring (bicyclic) bond motifs is 2. The molecule has 0 radical (unpaired) electrons. The summed E-state index contributed by atoms with van der Waals surface area (Å²) < 4.78 is 0. The largest absolute Gasteiger partial charge is 0.335 e. The zero-order valence-corrected chi connectivity index (χ0v) is 14.1. The zero-order valence-electron chi connectivity index (χ0n) is 14.1. The Bertz CT molecular complexity index is 546. The summed E-state index contributed by atoms with van der Waals surface area (Å²) in [7, 11) is 0. The van der Waals surface area contributed by atoms with Gasteiger partial charge in [-0.05, 0) is 25.7 Å². The molecule has 24 heavy (non-hydrogen) atoms. The van der Waals surface area contributed by atoms with Crippen LogP contribution in [0.2, 0.25) is 0 Å². The summed E-state index contributed by atoms with van der Waals surface area (Å²) in [5, 5.41) is 3.12. The summed E-state index contributed by atoms with van der Waals surface area (Å²) in [6.07, 6.45) is 7.36. The average Bonchev–Trinajstić information content (AvgIpc) is 3.10. The summed E-state index contributed by atoms with van der Waals surface area (Å²) >= 11 is 0. The average molecular weight is 334 g/mol. The predicted molar refractivity (Wildman–Crippen MR) is 87.2 cm³/mol. The van der Waals surface area contributed by atoms with Crippen molar-refractivity contribution in [1.29, 1.82) is 0 Å². The third kappa shape index (κ3) is 2.63. The van der Waals surface area contributed by atoms with Gasteiger partial charge < -0.3 is 20.0 Å². The molecule has 0 aromatic carbocycles. The summed E-state index contributed by atoms with van der Waals surface area (Å²) in [6.45, 7) is 1.98. The number of carbonyl (C=O) groups excluding carboxylic acids is 3. The first-order valence-electron chi connectivity index (χ1n) is 9.31. The maximum atomic E-state index is 12.7. The SMILES string of the molecule is O=C(NC1CCCCC1)N1CCN2C(=O)[C@H]3CCCN3C(=O)[C@H]2C1. The van der Waals surface area contributed by atoms with E-state index in [9.17, 15) is 14.4 Å². The van der Waals surface area contributed by atoms with Gasteiger partial charge in [0, 0.05) is 25.7 Å². The molecule has 3 saturated heterocycles. The molecular weight excluding hydrogens is 308 g/mol. The molecule has 0 aromatic heterocycles. The van der Waals surface area contributed by atoms with Gasteiger partial charge >= 0.3 is 6.03 Å². The van der Waals surface area contributed by atoms with Gasteiger partial charge in [0.15, 0.2) is 0 Å². The summed E-state index contributed by atoms with van der Waals surface area (Å²) in [4.78, 5) is 43.0. The monoisotopic (exact) mass is 334 g/mol. The molecule has 1 aliphatic carbocycles. The molecule has 4 fully saturated rings. The van der Waals surface area contributed by atoms with Crippen molar-refractivity contribution in [3.05, 3.63) is 0 Å². The fourth-order valence-electron chi connectivity index (χ4n) is 4.63. The Labute approximate surface area is 142 Å². The molecule has 132 valence electrons. The third-order valence-corrected chi connectivity index (χ3v) is 5.99. The lowest BCUT2D eigenvalue weighted by Crippen LogP contribution is -2.69. The fraction of sp³-hybridized carbons (Fsp3) is 0.824. The second-order valence-corrected chi connectivity index (χ2v) is 7.47. The molecule has 3 heterocycles. The smallest absolute Gasteiger partial charge is 0.317 e. The number of hydrogen-bond acceptors (Lipinski definition) is 3. The minimum Gasteiger partial charge on any atom is -0.335 e. The molecular formula is C17H26N4O3. The van der Waals surface area contributed by atoms with Crippen LogP contribution in [0.3, 0.4) is 0 Å². The number of urea groups is 1. The Balaban J connectivity index is 1.41. The van der Waals surface area contributed by atoms with Gasteiger partial charge in [-0.3, -0.25) is 9.59 Å². The van der Waals surface area contributed by atoms with Gasteiger partial charge in [-0.25, -0.2) is 4.79 Å². The molecule has 3 aliphatic heterocycles. The minimum atomic E-state index is -0.488. The van der Waals surface area contributed by atoms with E-state index in [1.807, 2.05) is 0 Å². The fourth-order valence-corrected chi connectivity index (χ4v) is 4.63. The second kappa shape index (κ2) is 6.26. The lowest BCUT2D eigenvalue weighted by atomic mass is 9.95. The van der Waals surface area contributed by atoms with Crippen molar-refractivity contribution in [2.75, 3.05) is 26.2 Å². The number of amides is 4. The van der Waals surface area contributed by atoms with Crippen LogP contribution in [0.4, 0.5) is 4.79 Å². The first kappa shape index (κ1) is 15.7. The number of hydrogen-bond donors (Lipinski definition) is 1. The van der Waals surface area contributed by atoms with Gasteiger partial charge in [0.1, 0.15) is 12.1 Å². The van der Waals surface area contributed by atoms with Crippen molar-refractivity contribution in [3.63, 3.8) is 0 Å². The van der Waals surface area contributed by atoms with Crippen molar-refractivity contribution in [2.45, 2.75) is 63.1 Å². The molecule has 0 aromatic rings. The van der Waals surface area contributed by atoms with E-state index < -0.39 is 6.04 Å². The van der Waals surface area contributed by atoms with Gasteiger partial charge in [-0.15, -0.1) is 0 Å². The number of carbonyl (C=O) groups is 3. The van der Waals surface area contributed by atoms with Gasteiger partial charge in [-0.1, -0.05) is 19.3 Å². The Morgan fingerprint density at radius 3 is 2.33 bits per heavy atom. The quantitative estimate of drug-likeness (QED) is 0.761. The molecule has 7 heteroatoms. The Kier molecular flexibility index (Phi) is 4.10. The van der Waals surface area contributed by atoms with Gasteiger partial charge in [0.05, 0.1) is 6.54 Å². The van der Waals surface area contributed by atoms with E-state index in [2.05, 4.69) is 5.32 Å². The molecule has 7 nitrogen and oxygen atoms in total. The van der Waals surface area contributed by atoms with E-state index >= 15 is 0 Å². The summed E-state index contributed by atoms with van der Waals surface area (Å²) in [5.41, 5.74) is 0. The number of piperazine rings is 2. The van der Waals surface area contributed by atoms with Crippen molar-refractivity contribution >= 4 is 17.8 Å². The normalized spacial score (nSPS) is 31.1. The molecule has 4 rings (SSSR count). The summed E-state index contributed by atoms with van der Waals surface area (Å²) in [6, 6.07) is -0.560. The first-order valence-corrected chi connectivity index (χ1v) is 9.31. The standard InChI is InChI=1S/C17H26N4O3/c22-15-13-7-4-8-20(13)16(23)14-11-19(9-10-21(14)15)17(24)18-12-5-2-1-3-6-12/h12-14H,1-11H2,(H,18,24)/t13-,14-/m1/s1. The molecule has 0 bridgehead atoms. The molecule has 0 spiro atoms. The number of nitrogens with zero attached hydrogens (tertiary/aromatic N) is 3. The minimum absolute atomic E-state index is 0.0206. The topological polar surface area (TPSA) is 73.0 Å². The lowest BCUT2D eigenvalue weighted by molar-refractivity contribution is -0.162. The van der Waals surface area contributed by atoms with Crippen molar-refractivity contribution in [1.82, 2.24) is 20.0 Å². The van der Waals surface area contributed by atoms with Gasteiger partial charge in [-0.2, -0.15) is 0 Å². The number of nitrogens with one attached hydrogen (secondary N) is 1. The van der Waals surface area contributed by atoms with Gasteiger partial charge in [0.2, 0.25) is 11.8 Å². The van der Waals surface area contributed by atoms with E-state index in [1.54, 1.807) is 14.7 Å². The van der Waals surface area contributed by atoms with Crippen LogP contribution in [-0.2, 0) is 9.59 Å². The second-order valence-electron chi connectivity index (χ2n) is 7.47. The maximum absolute atomic E-state index is 12.7. The van der Waals surface area contributed by atoms with Crippen LogP contribution in [0, 0.1) is 0 Å². The van der Waals surface area contributed by atoms with Crippen molar-refractivity contribution in [3.8, 4) is 0 Å². The predicted octanol–water partition coefficient (Wildman–Crippen LogP) is 0.546. The van der Waals surface area contributed by atoms with E-state index in [0.717, 1.165) is 25.7 Å². The first-order chi connectivity index (χ1) is 11.6. The molecule has 2 atom stereocenters. The Hall–Kier alpha value is -1.79. The van der Waals surface area contributed by atoms with Crippen LogP contribution < -0.4 is 5.32 Å². The van der Waals surface area contributed by atoms with Crippen molar-refractivity contribution in [2.24, 2.45) is 0 Å². The van der Waals surface area contributed by atoms with Crippen LogP contribution in [0.25, 0.3) is 0 Å². The Morgan fingerprint density at radius 1 is 0.833 bits per heavy atom. The van der Waals surface area contributed by atoms with Crippen LogP contribution in [0.1, 0.15) is 44.9 Å². The molecule has 4 amide bonds. The molecule has 0 unspecified atom stereocenters. The Morgan fingerprint density at radius 2 is 1.54 bits per heavy atom. The molecule has 1 N–H and O–H groups in total. The lowest BCUT2D eigenvalue weighted by Gasteiger charge is -2.47. The molecule has 1 saturated carbocycles. The van der Waals surface area contributed by atoms with Crippen LogP contribution in [0.5, 0.6) is 0 Å². The van der Waals surface area contributed by atoms with Gasteiger partial charge in [0.25, 0.3) is 0 Å². The zero-order chi connectivity index (χ0) is 16.7. The van der Waals surface area contributed by atoms with E-state index in [-0.39, 0.29) is 29.9 Å². The highest BCUT2D eigenvalue weighted by molar-refractivity contribution is 5.98. The third-order valence-electron chi connectivity index (χ3n) is 5.99. The number of rotatable bonds is 1.